The summed E-state index contributed by atoms with van der Waals surface area (Å²) in [7, 11) is 0. The van der Waals surface area contributed by atoms with Gasteiger partial charge >= 0.3 is 6.03 Å². The topological polar surface area (TPSA) is 53.6 Å². The number of halogens is 1. The minimum atomic E-state index is -0.192. The molecule has 2 N–H and O–H groups in total. The van der Waals surface area contributed by atoms with Gasteiger partial charge in [0.25, 0.3) is 0 Å². The number of anilines is 1. The van der Waals surface area contributed by atoms with Gasteiger partial charge in [-0.25, -0.2) is 4.79 Å². The number of hydrogen-bond acceptors (Lipinski definition) is 3. The number of carbonyl (C=O) groups is 1. The predicted octanol–water partition coefficient (Wildman–Crippen LogP) is 2.96. The lowest BCUT2D eigenvalue weighted by molar-refractivity contribution is 0.0412. The average molecular weight is 338 g/mol. The highest BCUT2D eigenvalue weighted by molar-refractivity contribution is 6.33. The third-order valence-electron chi connectivity index (χ3n) is 4.70. The summed E-state index contributed by atoms with van der Waals surface area (Å²) in [5.41, 5.74) is 0.641. The van der Waals surface area contributed by atoms with Crippen molar-refractivity contribution < 1.29 is 9.53 Å². The van der Waals surface area contributed by atoms with Crippen molar-refractivity contribution in [3.05, 3.63) is 29.3 Å². The Morgan fingerprint density at radius 3 is 2.83 bits per heavy atom. The number of para-hydroxylation sites is 1. The summed E-state index contributed by atoms with van der Waals surface area (Å²) in [5.74, 6) is 0.523. The molecule has 0 radical (unpaired) electrons. The van der Waals surface area contributed by atoms with Crippen LogP contribution in [0.3, 0.4) is 0 Å². The molecule has 1 aromatic carbocycles. The van der Waals surface area contributed by atoms with Crippen LogP contribution >= 0.6 is 11.6 Å². The maximum atomic E-state index is 12.0. The first kappa shape index (κ1) is 16.6. The van der Waals surface area contributed by atoms with Crippen molar-refractivity contribution in [1.82, 2.24) is 10.2 Å². The van der Waals surface area contributed by atoms with Crippen LogP contribution in [-0.4, -0.2) is 49.8 Å². The van der Waals surface area contributed by atoms with Crippen LogP contribution in [0.1, 0.15) is 19.3 Å². The first-order chi connectivity index (χ1) is 11.2. The van der Waals surface area contributed by atoms with Crippen LogP contribution in [-0.2, 0) is 4.74 Å². The van der Waals surface area contributed by atoms with Crippen LogP contribution < -0.4 is 10.6 Å². The Kier molecular flexibility index (Phi) is 5.75. The van der Waals surface area contributed by atoms with Crippen molar-refractivity contribution in [3.8, 4) is 0 Å². The third-order valence-corrected chi connectivity index (χ3v) is 5.03. The van der Waals surface area contributed by atoms with E-state index in [1.54, 1.807) is 12.1 Å². The van der Waals surface area contributed by atoms with Gasteiger partial charge in [0.1, 0.15) is 0 Å². The average Bonchev–Trinajstić information content (AvgIpc) is 3.05. The number of benzene rings is 1. The maximum Gasteiger partial charge on any atom is 0.319 e. The Hall–Kier alpha value is -1.30. The number of nitrogens with zero attached hydrogens (tertiary/aromatic N) is 1. The Balaban J connectivity index is 1.40. The van der Waals surface area contributed by atoms with Gasteiger partial charge in [-0.05, 0) is 43.9 Å². The highest BCUT2D eigenvalue weighted by Gasteiger charge is 2.29. The number of carbonyl (C=O) groups excluding carboxylic acids is 1. The zero-order valence-corrected chi connectivity index (χ0v) is 14.0. The fourth-order valence-corrected chi connectivity index (χ4v) is 3.56. The molecular weight excluding hydrogens is 314 g/mol. The molecule has 3 rings (SSSR count). The first-order valence-electron chi connectivity index (χ1n) is 8.33. The number of ether oxygens (including phenoxy) is 1. The third kappa shape index (κ3) is 4.59. The van der Waals surface area contributed by atoms with Crippen LogP contribution in [0.2, 0.25) is 5.02 Å². The van der Waals surface area contributed by atoms with Gasteiger partial charge in [-0.3, -0.25) is 4.90 Å². The van der Waals surface area contributed by atoms with Gasteiger partial charge in [0.05, 0.1) is 10.7 Å². The van der Waals surface area contributed by atoms with Crippen LogP contribution in [0.25, 0.3) is 0 Å². The standard InChI is InChI=1S/C17H24ClN3O2/c18-15-3-1-2-4-16(15)20-17(22)19-11-13-5-8-21(12-13)14-6-9-23-10-7-14/h1-4,13-14H,5-12H2,(H2,19,20,22). The van der Waals surface area contributed by atoms with E-state index in [0.717, 1.165) is 45.6 Å². The van der Waals surface area contributed by atoms with Crippen LogP contribution in [0.15, 0.2) is 24.3 Å². The van der Waals surface area contributed by atoms with Gasteiger partial charge in [0.15, 0.2) is 0 Å². The van der Waals surface area contributed by atoms with Gasteiger partial charge < -0.3 is 15.4 Å². The molecule has 0 aliphatic carbocycles. The van der Waals surface area contributed by atoms with Gasteiger partial charge in [-0.2, -0.15) is 0 Å². The molecule has 6 heteroatoms. The van der Waals surface area contributed by atoms with E-state index in [-0.39, 0.29) is 6.03 Å². The quantitative estimate of drug-likeness (QED) is 0.888. The molecule has 0 spiro atoms. The molecule has 1 unspecified atom stereocenters. The van der Waals surface area contributed by atoms with Crippen molar-refractivity contribution in [1.29, 1.82) is 0 Å². The smallest absolute Gasteiger partial charge is 0.319 e. The fraction of sp³-hybridized carbons (Fsp3) is 0.588. The normalized spacial score (nSPS) is 22.9. The minimum Gasteiger partial charge on any atom is -0.381 e. The molecule has 2 aliphatic rings. The highest BCUT2D eigenvalue weighted by Crippen LogP contribution is 2.23. The second-order valence-corrected chi connectivity index (χ2v) is 6.72. The molecule has 2 heterocycles. The van der Waals surface area contributed by atoms with E-state index in [2.05, 4.69) is 15.5 Å². The molecule has 23 heavy (non-hydrogen) atoms. The van der Waals surface area contributed by atoms with E-state index in [4.69, 9.17) is 16.3 Å². The number of urea groups is 1. The summed E-state index contributed by atoms with van der Waals surface area (Å²) in [4.78, 5) is 14.5. The van der Waals surface area contributed by atoms with E-state index in [1.165, 1.54) is 0 Å². The second kappa shape index (κ2) is 7.99. The van der Waals surface area contributed by atoms with Gasteiger partial charge in [-0.1, -0.05) is 23.7 Å². The van der Waals surface area contributed by atoms with E-state index in [9.17, 15) is 4.79 Å². The Morgan fingerprint density at radius 1 is 1.26 bits per heavy atom. The van der Waals surface area contributed by atoms with Crippen molar-refractivity contribution >= 4 is 23.3 Å². The highest BCUT2D eigenvalue weighted by atomic mass is 35.5. The molecule has 1 atom stereocenters. The van der Waals surface area contributed by atoms with E-state index >= 15 is 0 Å². The van der Waals surface area contributed by atoms with Gasteiger partial charge in [-0.15, -0.1) is 0 Å². The number of hydrogen-bond donors (Lipinski definition) is 2. The molecule has 2 amide bonds. The Bertz CT molecular complexity index is 534. The molecule has 2 aliphatic heterocycles. The minimum absolute atomic E-state index is 0.192. The second-order valence-electron chi connectivity index (χ2n) is 6.31. The lowest BCUT2D eigenvalue weighted by atomic mass is 10.1. The van der Waals surface area contributed by atoms with Gasteiger partial charge in [0, 0.05) is 32.3 Å². The SMILES string of the molecule is O=C(NCC1CCN(C2CCOCC2)C1)Nc1ccccc1Cl. The van der Waals surface area contributed by atoms with Crippen LogP contribution in [0.4, 0.5) is 10.5 Å². The zero-order chi connectivity index (χ0) is 16.1. The van der Waals surface area contributed by atoms with E-state index in [0.29, 0.717) is 29.2 Å². The van der Waals surface area contributed by atoms with Crippen molar-refractivity contribution in [3.63, 3.8) is 0 Å². The lowest BCUT2D eigenvalue weighted by Gasteiger charge is -2.31. The molecule has 0 aromatic heterocycles. The molecule has 1 aromatic rings. The fourth-order valence-electron chi connectivity index (χ4n) is 3.38. The largest absolute Gasteiger partial charge is 0.381 e. The lowest BCUT2D eigenvalue weighted by Crippen LogP contribution is -2.39. The van der Waals surface area contributed by atoms with Crippen LogP contribution in [0, 0.1) is 5.92 Å². The monoisotopic (exact) mass is 337 g/mol. The zero-order valence-electron chi connectivity index (χ0n) is 13.3. The molecule has 126 valence electrons. The van der Waals surface area contributed by atoms with E-state index < -0.39 is 0 Å². The van der Waals surface area contributed by atoms with Crippen molar-refractivity contribution in [2.45, 2.75) is 25.3 Å². The summed E-state index contributed by atoms with van der Waals surface area (Å²) in [6.07, 6.45) is 3.41. The summed E-state index contributed by atoms with van der Waals surface area (Å²) >= 11 is 6.04. The number of nitrogens with one attached hydrogen (secondary N) is 2. The van der Waals surface area contributed by atoms with Crippen molar-refractivity contribution in [2.75, 3.05) is 38.2 Å². The van der Waals surface area contributed by atoms with Crippen molar-refractivity contribution in [2.24, 2.45) is 5.92 Å². The van der Waals surface area contributed by atoms with Crippen LogP contribution in [0.5, 0.6) is 0 Å². The van der Waals surface area contributed by atoms with E-state index in [1.807, 2.05) is 12.1 Å². The molecule has 2 saturated heterocycles. The maximum absolute atomic E-state index is 12.0. The summed E-state index contributed by atoms with van der Waals surface area (Å²) in [6.45, 7) is 4.66. The predicted molar refractivity (Wildman–Crippen MR) is 92.0 cm³/mol. The van der Waals surface area contributed by atoms with Gasteiger partial charge in [0.2, 0.25) is 0 Å². The summed E-state index contributed by atoms with van der Waals surface area (Å²) < 4.78 is 5.43. The summed E-state index contributed by atoms with van der Waals surface area (Å²) in [6, 6.07) is 7.72. The molecule has 2 fully saturated rings. The molecule has 0 bridgehead atoms. The number of amides is 2. The summed E-state index contributed by atoms with van der Waals surface area (Å²) in [5, 5.41) is 6.31. The number of likely N-dealkylation sites (tertiary alicyclic amines) is 1. The molecule has 5 nitrogen and oxygen atoms in total. The molecular formula is C17H24ClN3O2. The Labute approximate surface area is 142 Å². The first-order valence-corrected chi connectivity index (χ1v) is 8.71. The number of rotatable bonds is 4. The Morgan fingerprint density at radius 2 is 2.04 bits per heavy atom. The molecule has 0 saturated carbocycles.